The highest BCUT2D eigenvalue weighted by atomic mass is 33.5. The summed E-state index contributed by atoms with van der Waals surface area (Å²) in [4.78, 5) is 0. The van der Waals surface area contributed by atoms with Crippen LogP contribution in [0.15, 0.2) is 0 Å². The van der Waals surface area contributed by atoms with E-state index in [-0.39, 0.29) is 168 Å². The Balaban J connectivity index is 9.69. The molecule has 0 saturated heterocycles. The van der Waals surface area contributed by atoms with Crippen LogP contribution in [0, 0.1) is 0 Å². The van der Waals surface area contributed by atoms with Gasteiger partial charge in [-0.25, -0.2) is 0 Å². The lowest BCUT2D eigenvalue weighted by molar-refractivity contribution is 4.38. The predicted molar refractivity (Wildman–Crippen MR) is 459 cm³/mol. The first kappa shape index (κ1) is 76.3. The zero-order valence-electron chi connectivity index (χ0n) is 29.7. The molecule has 0 nitrogen and oxygen atoms in total. The molecule has 0 fully saturated rings. The molecule has 55 heteroatoms. The third-order valence-corrected chi connectivity index (χ3v) is 373. The van der Waals surface area contributed by atoms with Crippen molar-refractivity contribution >= 4 is 438 Å². The van der Waals surface area contributed by atoms with Gasteiger partial charge in [-0.05, 0) is 183 Å². The first-order valence-electron chi connectivity index (χ1n) is 13.1. The number of rotatable bonds is 26. The van der Waals surface area contributed by atoms with Crippen LogP contribution in [0.1, 0.15) is 0 Å². The van der Waals surface area contributed by atoms with E-state index in [9.17, 15) is 1.28 Å². The van der Waals surface area contributed by atoms with Gasteiger partial charge < -0.3 is 0 Å². The minimum absolute atomic E-state index is 0.183. The van der Waals surface area contributed by atoms with Crippen molar-refractivity contribution in [2.45, 2.75) is 0 Å². The van der Waals surface area contributed by atoms with Gasteiger partial charge in [-0.2, -0.15) is 0 Å². The number of hydrogen-bond acceptors (Lipinski definition) is 0. The Morgan fingerprint density at radius 3 is 0.527 bits per heavy atom. The summed E-state index contributed by atoms with van der Waals surface area (Å²) < 4.78 is 12.0. The fourth-order valence-corrected chi connectivity index (χ4v) is 750. The molecule has 0 N–H and O–H groups in total. The predicted octanol–water partition coefficient (Wildman–Crippen LogP) is 30.9. The van der Waals surface area contributed by atoms with Gasteiger partial charge in [-0.1, -0.05) is 7.18 Å². The molecule has 55 heavy (non-hydrogen) atoms. The van der Waals surface area contributed by atoms with Gasteiger partial charge in [0.15, 0.2) is 0 Å². The van der Waals surface area contributed by atoms with Crippen LogP contribution in [-0.4, -0.2) is 8.84 Å². The summed E-state index contributed by atoms with van der Waals surface area (Å²) in [5, 5.41) is 0. The first-order chi connectivity index (χ1) is 25.4. The molecule has 0 aromatic carbocycles. The second-order valence-electron chi connectivity index (χ2n) is 8.82. The zero-order chi connectivity index (χ0) is 44.6. The maximum atomic E-state index is 12.0. The molecule has 0 aromatic rings. The maximum Gasteiger partial charge on any atom is 0.145 e. The van der Waals surface area contributed by atoms with Gasteiger partial charge >= 0.3 is 0 Å². The van der Waals surface area contributed by atoms with E-state index in [0.29, 0.717) is 0 Å². The van der Waals surface area contributed by atoms with Crippen LogP contribution in [-0.2, 0) is 0 Å². The van der Waals surface area contributed by atoms with Crippen LogP contribution in [0.2, 0.25) is 0 Å². The third kappa shape index (κ3) is 28.8. The average molecular weight is 1740 g/mol. The second kappa shape index (κ2) is 43.0. The molecule has 330 valence electrons. The Hall–Kier alpha value is 23.3. The molecule has 0 bridgehead atoms. The molecular weight excluding hydrogens is 1680 g/mol. The van der Waals surface area contributed by atoms with Crippen LogP contribution in [0.4, 0.5) is 0 Å². The van der Waals surface area contributed by atoms with Crippen LogP contribution in [0.25, 0.3) is 0 Å². The Labute approximate surface area is 433 Å². The van der Waals surface area contributed by atoms with Crippen molar-refractivity contribution in [2.75, 3.05) is 0 Å². The second-order valence-corrected chi connectivity index (χ2v) is 230. The summed E-state index contributed by atoms with van der Waals surface area (Å²) >= 11 is 0. The van der Waals surface area contributed by atoms with Gasteiger partial charge in [0.05, 0.1) is 1.28 Å². The molecule has 0 aliphatic heterocycles. The van der Waals surface area contributed by atoms with Gasteiger partial charge in [-0.3, -0.25) is 0 Å². The van der Waals surface area contributed by atoms with Gasteiger partial charge in [0.25, 0.3) is 0 Å². The van der Waals surface area contributed by atoms with Gasteiger partial charge in [0.1, 0.15) is 7.57 Å². The minimum atomic E-state index is -0.939. The summed E-state index contributed by atoms with van der Waals surface area (Å²) in [6.07, 6.45) is 0. The van der Waals surface area contributed by atoms with Gasteiger partial charge in [0, 0.05) is 0 Å². The highest BCUT2D eigenvalue weighted by Gasteiger charge is 2.55. The molecule has 0 amide bonds. The third-order valence-electron chi connectivity index (χ3n) is 4.73. The Kier molecular flexibility index (Phi) is 59.6. The van der Waals surface area contributed by atoms with E-state index in [4.69, 9.17) is 0 Å². The van der Waals surface area contributed by atoms with Crippen LogP contribution in [0.5, 0.6) is 0 Å². The smallest absolute Gasteiger partial charge is 0.116 e. The molecular formula is H57BP54. The van der Waals surface area contributed by atoms with Crippen molar-refractivity contribution in [3.05, 3.63) is 0 Å². The lowest BCUT2D eigenvalue weighted by Gasteiger charge is -2.55. The van der Waals surface area contributed by atoms with Crippen molar-refractivity contribution in [2.24, 2.45) is 0 Å². The lowest BCUT2D eigenvalue weighted by atomic mass is 10.8. The standard InChI is InChI=1S/BH57P54/c1-30(2)46(31(3)4)53(48(34(9)10)35(11)12)44(47(32(5)6)33(7)8)29-45(54(49(36(13)14)37(15)16)50(38(17)18)39(19)20)55(51(40(21)22)41(23)24)52(42(25)26)43(27)28/h29H,1-28H2/i29T. The van der Waals surface area contributed by atoms with Crippen molar-refractivity contribution in [1.29, 1.82) is 1.28 Å². The van der Waals surface area contributed by atoms with Crippen LogP contribution < -0.4 is 0 Å². The molecule has 0 aliphatic carbocycles. The average Bonchev–Trinajstić information content (AvgIpc) is 2.96. The SMILES string of the molecule is [3H]P(P(P(P(P)P)P(P)P)P(P(P(B)P)P(P)P)P(P(P)P)P(P)P)P(P(P(P(P)P)P(P)P)P(P(P)P)P(P)P)P(P(P(P)P)P(P)P)P(P(P)P)P(P)P. The highest BCUT2D eigenvalue weighted by molar-refractivity contribution is 9.49. The van der Waals surface area contributed by atoms with E-state index in [1.54, 1.807) is 0 Å². The molecule has 0 saturated carbocycles. The fraction of sp³-hybridized carbons (Fsp3) is 0. The van der Waals surface area contributed by atoms with E-state index < -0.39 is 21.9 Å². The van der Waals surface area contributed by atoms with Crippen LogP contribution >= 0.6 is 431 Å². The summed E-state index contributed by atoms with van der Waals surface area (Å²) in [6.45, 7) is -7.30. The minimum Gasteiger partial charge on any atom is -0.116 e. The Morgan fingerprint density at radius 1 is 0.236 bits per heavy atom. The largest absolute Gasteiger partial charge is 0.145 e. The summed E-state index contributed by atoms with van der Waals surface area (Å²) in [6, 6.07) is 0. The molecule has 0 radical (unpaired) electrons. The van der Waals surface area contributed by atoms with E-state index in [2.05, 4.69) is 249 Å². The topological polar surface area (TPSA) is 0 Å². The molecule has 0 heterocycles. The number of hydrogen-bond donors (Lipinski definition) is 0. The van der Waals surface area contributed by atoms with Gasteiger partial charge in [-0.15, -0.1) is 241 Å². The van der Waals surface area contributed by atoms with E-state index in [1.165, 1.54) is 0 Å². The Morgan fingerprint density at radius 2 is 0.382 bits per heavy atom. The lowest BCUT2D eigenvalue weighted by Crippen LogP contribution is -1.68. The summed E-state index contributed by atoms with van der Waals surface area (Å²) in [5.74, 6) is 0. The molecule has 0 rings (SSSR count). The Bertz CT molecular complexity index is 854. The molecule has 0 spiro atoms. The molecule has 32 unspecified atom stereocenters. The van der Waals surface area contributed by atoms with E-state index in [1.807, 2.05) is 0 Å². The fourth-order valence-electron chi connectivity index (χ4n) is 3.21. The highest BCUT2D eigenvalue weighted by Crippen LogP contribution is 3.43. The maximum absolute atomic E-state index is 12.0. The first-order valence-corrected chi connectivity index (χ1v) is 111. The molecule has 32 atom stereocenters. The van der Waals surface area contributed by atoms with Crippen molar-refractivity contribution in [3.63, 3.8) is 0 Å². The van der Waals surface area contributed by atoms with E-state index in [0.717, 1.165) is 0 Å². The molecule has 0 aromatic heterocycles. The van der Waals surface area contributed by atoms with Crippen molar-refractivity contribution < 1.29 is 0 Å². The monoisotopic (exact) mass is 1740 g/mol. The molecule has 0 aliphatic rings. The summed E-state index contributed by atoms with van der Waals surface area (Å²) in [5.41, 5.74) is 0. The zero-order valence-corrected chi connectivity index (χ0v) is 84.0. The van der Waals surface area contributed by atoms with Gasteiger partial charge in [0.2, 0.25) is 0 Å². The van der Waals surface area contributed by atoms with Crippen molar-refractivity contribution in [1.82, 2.24) is 0 Å². The quantitative estimate of drug-likeness (QED) is 0.0598. The van der Waals surface area contributed by atoms with E-state index >= 15 is 0 Å². The summed E-state index contributed by atoms with van der Waals surface area (Å²) in [7, 11) is 94.3. The van der Waals surface area contributed by atoms with Crippen LogP contribution in [0.3, 0.4) is 0 Å². The normalized spacial score (nSPS) is 17.3. The van der Waals surface area contributed by atoms with Crippen molar-refractivity contribution in [3.8, 4) is 0 Å².